The maximum atomic E-state index is 5.79. The van der Waals surface area contributed by atoms with Gasteiger partial charge in [0.2, 0.25) is 0 Å². The third kappa shape index (κ3) is 1.47. The van der Waals surface area contributed by atoms with Crippen molar-refractivity contribution < 1.29 is 0 Å². The molecule has 0 atom stereocenters. The molecule has 2 nitrogen and oxygen atoms in total. The van der Waals surface area contributed by atoms with E-state index in [1.165, 1.54) is 11.1 Å². The van der Waals surface area contributed by atoms with Crippen LogP contribution in [0.25, 0.3) is 0 Å². The molecule has 62 valence electrons. The summed E-state index contributed by atoms with van der Waals surface area (Å²) in [6.45, 7) is 2.12. The van der Waals surface area contributed by atoms with E-state index in [0.717, 1.165) is 19.5 Å². The number of halogens is 1. The highest BCUT2D eigenvalue weighted by molar-refractivity contribution is 6.29. The average Bonchev–Trinajstić information content (AvgIpc) is 2.03. The van der Waals surface area contributed by atoms with Crippen molar-refractivity contribution in [3.8, 4) is 0 Å². The molecule has 0 saturated carbocycles. The van der Waals surface area contributed by atoms with Crippen molar-refractivity contribution in [2.24, 2.45) is 0 Å². The second-order valence-electron chi connectivity index (χ2n) is 3.26. The minimum atomic E-state index is 0.601. The van der Waals surface area contributed by atoms with Crippen molar-refractivity contribution in [1.29, 1.82) is 0 Å². The summed E-state index contributed by atoms with van der Waals surface area (Å²) in [5.41, 5.74) is 2.67. The van der Waals surface area contributed by atoms with Crippen molar-refractivity contribution in [2.75, 3.05) is 6.54 Å². The normalized spacial score (nSPS) is 17.4. The zero-order valence-corrected chi connectivity index (χ0v) is 7.80. The van der Waals surface area contributed by atoms with Crippen molar-refractivity contribution in [2.45, 2.75) is 13.0 Å². The highest BCUT2D eigenvalue weighted by Gasteiger charge is 2.12. The first-order valence-electron chi connectivity index (χ1n) is 4.07. The molecule has 12 heavy (non-hydrogen) atoms. The number of nitrogens with zero attached hydrogens (tertiary/aromatic N) is 2. The smallest absolute Gasteiger partial charge is 0.185 e. The third-order valence-electron chi connectivity index (χ3n) is 2.25. The Bertz CT molecular complexity index is 303. The highest BCUT2D eigenvalue weighted by Crippen LogP contribution is 2.19. The monoisotopic (exact) mass is 180 g/mol. The molecule has 0 radical (unpaired) electrons. The molecule has 2 heterocycles. The van der Waals surface area contributed by atoms with E-state index in [4.69, 9.17) is 11.6 Å². The van der Waals surface area contributed by atoms with Gasteiger partial charge in [-0.25, -0.2) is 4.98 Å². The molecule has 4 heteroatoms. The third-order valence-corrected chi connectivity index (χ3v) is 2.46. The van der Waals surface area contributed by atoms with E-state index in [1.54, 1.807) is 0 Å². The molecule has 0 aliphatic carbocycles. The molecule has 0 unspecified atom stereocenters. The molecule has 0 amide bonds. The van der Waals surface area contributed by atoms with Crippen molar-refractivity contribution in [1.82, 2.24) is 9.79 Å². The number of pyridine rings is 1. The fraction of sp³-hybridized carbons (Fsp3) is 0.375. The van der Waals surface area contributed by atoms with Gasteiger partial charge in [0.1, 0.15) is 5.15 Å². The summed E-state index contributed by atoms with van der Waals surface area (Å²) in [6.07, 6.45) is 2.99. The van der Waals surface area contributed by atoms with Crippen LogP contribution in [0, 0.1) is 0 Å². The quantitative estimate of drug-likeness (QED) is 0.430. The molecule has 1 aromatic heterocycles. The fourth-order valence-electron chi connectivity index (χ4n) is 1.55. The van der Waals surface area contributed by atoms with E-state index < -0.39 is 0 Å². The Hall–Kier alpha value is -0.535. The largest absolute Gasteiger partial charge is 0.345 e. The maximum Gasteiger partial charge on any atom is 0.185 e. The summed E-state index contributed by atoms with van der Waals surface area (Å²) in [4.78, 5) is 6.35. The molecule has 0 saturated heterocycles. The Morgan fingerprint density at radius 1 is 1.50 bits per heavy atom. The van der Waals surface area contributed by atoms with Gasteiger partial charge in [0.25, 0.3) is 0 Å². The van der Waals surface area contributed by atoms with Crippen LogP contribution in [0.15, 0.2) is 12.3 Å². The predicted molar refractivity (Wildman–Crippen MR) is 51.9 cm³/mol. The van der Waals surface area contributed by atoms with Crippen molar-refractivity contribution in [3.63, 3.8) is 0 Å². The molecule has 2 rings (SSSR count). The first-order chi connectivity index (χ1) is 5.75. The molecular formula is C8H10BClN2. The molecule has 1 aromatic rings. The summed E-state index contributed by atoms with van der Waals surface area (Å²) in [5.74, 6) is 0. The lowest BCUT2D eigenvalue weighted by Crippen LogP contribution is -2.27. The Balaban J connectivity index is 2.37. The van der Waals surface area contributed by atoms with Gasteiger partial charge in [-0.05, 0) is 30.2 Å². The minimum Gasteiger partial charge on any atom is -0.345 e. The van der Waals surface area contributed by atoms with Crippen LogP contribution in [0.3, 0.4) is 0 Å². The highest BCUT2D eigenvalue weighted by atomic mass is 35.5. The molecular weight excluding hydrogens is 170 g/mol. The van der Waals surface area contributed by atoms with E-state index in [2.05, 4.69) is 17.8 Å². The topological polar surface area (TPSA) is 16.1 Å². The Labute approximate surface area is 78.0 Å². The predicted octanol–water partition coefficient (Wildman–Crippen LogP) is 0.641. The number of hydrogen-bond acceptors (Lipinski definition) is 2. The molecule has 0 spiro atoms. The van der Waals surface area contributed by atoms with Crippen LogP contribution in [0.4, 0.5) is 0 Å². The van der Waals surface area contributed by atoms with Gasteiger partial charge in [-0.2, -0.15) is 0 Å². The summed E-state index contributed by atoms with van der Waals surface area (Å²) in [7, 11) is 2.12. The maximum absolute atomic E-state index is 5.79. The van der Waals surface area contributed by atoms with Gasteiger partial charge in [-0.15, -0.1) is 0 Å². The van der Waals surface area contributed by atoms with E-state index in [-0.39, 0.29) is 0 Å². The lowest BCUT2D eigenvalue weighted by Gasteiger charge is -2.24. The van der Waals surface area contributed by atoms with Gasteiger partial charge in [0.15, 0.2) is 7.98 Å². The Kier molecular flexibility index (Phi) is 2.07. The van der Waals surface area contributed by atoms with E-state index in [0.29, 0.717) is 5.15 Å². The minimum absolute atomic E-state index is 0.601. The van der Waals surface area contributed by atoms with Crippen LogP contribution in [0.2, 0.25) is 5.15 Å². The van der Waals surface area contributed by atoms with Gasteiger partial charge in [0, 0.05) is 12.7 Å². The average molecular weight is 180 g/mol. The lowest BCUT2D eigenvalue weighted by atomic mass is 10.0. The molecule has 0 N–H and O–H groups in total. The lowest BCUT2D eigenvalue weighted by molar-refractivity contribution is 0.426. The standard InChI is InChI=1S/C8H10BClN2/c9-12-2-1-6-4-11-8(10)3-7(6)5-12/h3-4H,1-2,5,9H2. The molecule has 0 bridgehead atoms. The van der Waals surface area contributed by atoms with Gasteiger partial charge in [-0.3, -0.25) is 0 Å². The van der Waals surface area contributed by atoms with Crippen LogP contribution < -0.4 is 0 Å². The molecule has 0 fully saturated rings. The van der Waals surface area contributed by atoms with Crippen molar-refractivity contribution in [3.05, 3.63) is 28.5 Å². The number of hydrogen-bond donors (Lipinski definition) is 0. The van der Waals surface area contributed by atoms with E-state index in [9.17, 15) is 0 Å². The SMILES string of the molecule is BN1CCc2cnc(Cl)cc2C1. The van der Waals surface area contributed by atoms with E-state index in [1.807, 2.05) is 12.3 Å². The van der Waals surface area contributed by atoms with Crippen LogP contribution in [0.1, 0.15) is 11.1 Å². The van der Waals surface area contributed by atoms with Gasteiger partial charge in [-0.1, -0.05) is 11.6 Å². The molecule has 1 aliphatic heterocycles. The van der Waals surface area contributed by atoms with Gasteiger partial charge < -0.3 is 4.81 Å². The van der Waals surface area contributed by atoms with E-state index >= 15 is 0 Å². The van der Waals surface area contributed by atoms with Gasteiger partial charge in [0.05, 0.1) is 0 Å². The summed E-state index contributed by atoms with van der Waals surface area (Å²) < 4.78 is 0. The van der Waals surface area contributed by atoms with Crippen LogP contribution in [-0.2, 0) is 13.0 Å². The van der Waals surface area contributed by atoms with Crippen LogP contribution >= 0.6 is 11.6 Å². The number of fused-ring (bicyclic) bond motifs is 1. The summed E-state index contributed by atoms with van der Waals surface area (Å²) >= 11 is 5.79. The molecule has 1 aliphatic rings. The zero-order valence-electron chi connectivity index (χ0n) is 7.05. The van der Waals surface area contributed by atoms with Gasteiger partial charge >= 0.3 is 0 Å². The first-order valence-corrected chi connectivity index (χ1v) is 4.45. The van der Waals surface area contributed by atoms with Crippen molar-refractivity contribution >= 4 is 19.6 Å². The zero-order chi connectivity index (χ0) is 8.55. The second-order valence-corrected chi connectivity index (χ2v) is 3.65. The number of rotatable bonds is 0. The first kappa shape index (κ1) is 8.08. The number of aromatic nitrogens is 1. The Morgan fingerprint density at radius 3 is 3.17 bits per heavy atom. The molecule has 0 aromatic carbocycles. The van der Waals surface area contributed by atoms with Crippen LogP contribution in [0.5, 0.6) is 0 Å². The Morgan fingerprint density at radius 2 is 2.33 bits per heavy atom. The summed E-state index contributed by atoms with van der Waals surface area (Å²) in [5, 5.41) is 0.601. The fourth-order valence-corrected chi connectivity index (χ4v) is 1.73. The summed E-state index contributed by atoms with van der Waals surface area (Å²) in [6, 6.07) is 1.96. The second kappa shape index (κ2) is 3.07. The van der Waals surface area contributed by atoms with Crippen LogP contribution in [-0.4, -0.2) is 24.3 Å².